The first kappa shape index (κ1) is 26.2. The van der Waals surface area contributed by atoms with E-state index in [1.54, 1.807) is 0 Å². The quantitative estimate of drug-likeness (QED) is 0.162. The average Bonchev–Trinajstić information content (AvgIpc) is 2.91. The molecule has 0 aliphatic heterocycles. The van der Waals surface area contributed by atoms with Crippen molar-refractivity contribution in [3.8, 4) is 11.8 Å². The molecule has 1 heteroatoms. The fraction of sp³-hybridized carbons (Fsp3) is 0.429. The van der Waals surface area contributed by atoms with E-state index in [-0.39, 0.29) is 5.82 Å². The Morgan fingerprint density at radius 3 is 2.36 bits per heavy atom. The van der Waals surface area contributed by atoms with E-state index in [0.29, 0.717) is 5.92 Å². The summed E-state index contributed by atoms with van der Waals surface area (Å²) in [6, 6.07) is 18.6. The summed E-state index contributed by atoms with van der Waals surface area (Å²) in [5, 5.41) is 1.66. The molecule has 1 aliphatic carbocycles. The fourth-order valence-electron chi connectivity index (χ4n) is 5.62. The Morgan fingerprint density at radius 2 is 1.61 bits per heavy atom. The van der Waals surface area contributed by atoms with Crippen LogP contribution in [0.25, 0.3) is 10.8 Å². The predicted octanol–water partition coefficient (Wildman–Crippen LogP) is 10.1. The highest BCUT2D eigenvalue weighted by atomic mass is 19.1. The number of aryl methyl sites for hydroxylation is 1. The standard InChI is InChI=1S/C35H41F/c1-3-5-7-9-11-27-12-14-29(15-13-27)16-17-30-20-24-34-32(26-30)23-25-33(35(34)36)31-21-18-28(19-22-31)10-8-6-4-2/h4,6,12-15,20,23-26,28,31H,3,5,7-11,18-19,21-22H2,1-2H3/b6-4+. The third-order valence-corrected chi connectivity index (χ3v) is 7.87. The summed E-state index contributed by atoms with van der Waals surface area (Å²) in [6.07, 6.45) is 17.8. The molecule has 0 N–H and O–H groups in total. The lowest BCUT2D eigenvalue weighted by molar-refractivity contribution is 0.308. The minimum absolute atomic E-state index is 0.0288. The van der Waals surface area contributed by atoms with Crippen molar-refractivity contribution in [3.63, 3.8) is 0 Å². The molecule has 1 fully saturated rings. The molecule has 36 heavy (non-hydrogen) atoms. The van der Waals surface area contributed by atoms with Gasteiger partial charge in [0.05, 0.1) is 0 Å². The number of rotatable bonds is 9. The molecule has 188 valence electrons. The van der Waals surface area contributed by atoms with Gasteiger partial charge in [0.1, 0.15) is 5.82 Å². The molecule has 3 aromatic rings. The molecule has 1 saturated carbocycles. The van der Waals surface area contributed by atoms with Crippen LogP contribution < -0.4 is 0 Å². The molecule has 0 spiro atoms. The van der Waals surface area contributed by atoms with Crippen LogP contribution in [0.3, 0.4) is 0 Å². The van der Waals surface area contributed by atoms with Crippen LogP contribution in [-0.2, 0) is 6.42 Å². The number of allylic oxidation sites excluding steroid dienone is 2. The SMILES string of the molecule is C/C=C/CCC1CCC(c2ccc3cc(C#Cc4ccc(CCCCCC)cc4)ccc3c2F)CC1. The first-order valence-electron chi connectivity index (χ1n) is 14.1. The second kappa shape index (κ2) is 13.5. The average molecular weight is 481 g/mol. The van der Waals surface area contributed by atoms with Gasteiger partial charge in [-0.2, -0.15) is 0 Å². The Labute approximate surface area is 218 Å². The lowest BCUT2D eigenvalue weighted by atomic mass is 9.76. The van der Waals surface area contributed by atoms with Gasteiger partial charge in [0.25, 0.3) is 0 Å². The highest BCUT2D eigenvalue weighted by Gasteiger charge is 2.24. The van der Waals surface area contributed by atoms with Crippen LogP contribution in [0.15, 0.2) is 66.7 Å². The zero-order valence-electron chi connectivity index (χ0n) is 22.2. The van der Waals surface area contributed by atoms with Crippen LogP contribution in [0.2, 0.25) is 0 Å². The van der Waals surface area contributed by atoms with Gasteiger partial charge in [-0.05, 0) is 111 Å². The topological polar surface area (TPSA) is 0 Å². The van der Waals surface area contributed by atoms with Gasteiger partial charge in [-0.15, -0.1) is 0 Å². The molecule has 4 rings (SSSR count). The molecule has 0 aromatic heterocycles. The van der Waals surface area contributed by atoms with Crippen molar-refractivity contribution >= 4 is 10.8 Å². The second-order valence-corrected chi connectivity index (χ2v) is 10.5. The molecular weight excluding hydrogens is 439 g/mol. The van der Waals surface area contributed by atoms with Gasteiger partial charge in [0.2, 0.25) is 0 Å². The van der Waals surface area contributed by atoms with Crippen LogP contribution in [0, 0.1) is 23.6 Å². The van der Waals surface area contributed by atoms with Crippen molar-refractivity contribution in [2.45, 2.75) is 90.4 Å². The predicted molar refractivity (Wildman–Crippen MR) is 153 cm³/mol. The molecule has 1 aliphatic rings. The number of halogens is 1. The summed E-state index contributed by atoms with van der Waals surface area (Å²) in [5.74, 6) is 7.67. The smallest absolute Gasteiger partial charge is 0.134 e. The Kier molecular flexibility index (Phi) is 9.80. The van der Waals surface area contributed by atoms with Gasteiger partial charge in [-0.1, -0.05) is 80.5 Å². The highest BCUT2D eigenvalue weighted by Crippen LogP contribution is 2.39. The maximum Gasteiger partial charge on any atom is 0.134 e. The van der Waals surface area contributed by atoms with Gasteiger partial charge >= 0.3 is 0 Å². The Bertz CT molecular complexity index is 1200. The maximum absolute atomic E-state index is 15.5. The molecule has 0 heterocycles. The first-order chi connectivity index (χ1) is 17.7. The second-order valence-electron chi connectivity index (χ2n) is 10.5. The molecule has 0 amide bonds. The molecule has 0 radical (unpaired) electrons. The monoisotopic (exact) mass is 480 g/mol. The third-order valence-electron chi connectivity index (χ3n) is 7.87. The Balaban J connectivity index is 1.39. The lowest BCUT2D eigenvalue weighted by Crippen LogP contribution is -2.14. The zero-order valence-corrected chi connectivity index (χ0v) is 22.2. The van der Waals surface area contributed by atoms with Crippen LogP contribution in [-0.4, -0.2) is 0 Å². The molecule has 0 nitrogen and oxygen atoms in total. The largest absolute Gasteiger partial charge is 0.206 e. The number of hydrogen-bond acceptors (Lipinski definition) is 0. The molecule has 0 saturated heterocycles. The molecule has 0 atom stereocenters. The van der Waals surface area contributed by atoms with Gasteiger partial charge in [0, 0.05) is 16.5 Å². The van der Waals surface area contributed by atoms with Gasteiger partial charge in [-0.25, -0.2) is 4.39 Å². The van der Waals surface area contributed by atoms with E-state index >= 15 is 4.39 Å². The zero-order chi connectivity index (χ0) is 25.2. The minimum atomic E-state index is -0.0288. The van der Waals surface area contributed by atoms with Crippen molar-refractivity contribution in [1.82, 2.24) is 0 Å². The van der Waals surface area contributed by atoms with Gasteiger partial charge in [0.15, 0.2) is 0 Å². The summed E-state index contributed by atoms with van der Waals surface area (Å²) in [4.78, 5) is 0. The van der Waals surface area contributed by atoms with Crippen molar-refractivity contribution in [1.29, 1.82) is 0 Å². The molecule has 3 aromatic carbocycles. The summed E-state index contributed by atoms with van der Waals surface area (Å²) in [6.45, 7) is 4.33. The van der Waals surface area contributed by atoms with E-state index in [1.807, 2.05) is 24.3 Å². The summed E-state index contributed by atoms with van der Waals surface area (Å²) in [7, 11) is 0. The lowest BCUT2D eigenvalue weighted by Gasteiger charge is -2.29. The van der Waals surface area contributed by atoms with E-state index in [9.17, 15) is 0 Å². The molecule has 0 bridgehead atoms. The fourth-order valence-corrected chi connectivity index (χ4v) is 5.62. The Hall–Kier alpha value is -2.85. The van der Waals surface area contributed by atoms with Crippen LogP contribution in [0.5, 0.6) is 0 Å². The van der Waals surface area contributed by atoms with Gasteiger partial charge < -0.3 is 0 Å². The summed E-state index contributed by atoms with van der Waals surface area (Å²) in [5.41, 5.74) is 4.24. The number of fused-ring (bicyclic) bond motifs is 1. The van der Waals surface area contributed by atoms with Crippen LogP contribution in [0.1, 0.15) is 106 Å². The van der Waals surface area contributed by atoms with Crippen molar-refractivity contribution in [2.75, 3.05) is 0 Å². The van der Waals surface area contributed by atoms with Crippen LogP contribution >= 0.6 is 0 Å². The Morgan fingerprint density at radius 1 is 0.861 bits per heavy atom. The van der Waals surface area contributed by atoms with Crippen LogP contribution in [0.4, 0.5) is 4.39 Å². The minimum Gasteiger partial charge on any atom is -0.206 e. The van der Waals surface area contributed by atoms with E-state index in [4.69, 9.17) is 0 Å². The van der Waals surface area contributed by atoms with E-state index in [2.05, 4.69) is 68.2 Å². The first-order valence-corrected chi connectivity index (χ1v) is 14.1. The van der Waals surface area contributed by atoms with E-state index in [1.165, 1.54) is 56.9 Å². The van der Waals surface area contributed by atoms with Crippen molar-refractivity contribution in [3.05, 3.63) is 94.8 Å². The highest BCUT2D eigenvalue weighted by molar-refractivity contribution is 5.85. The van der Waals surface area contributed by atoms with Crippen molar-refractivity contribution in [2.24, 2.45) is 5.92 Å². The van der Waals surface area contributed by atoms with Gasteiger partial charge in [-0.3, -0.25) is 0 Å². The summed E-state index contributed by atoms with van der Waals surface area (Å²) >= 11 is 0. The number of unbranched alkanes of at least 4 members (excludes halogenated alkanes) is 3. The summed E-state index contributed by atoms with van der Waals surface area (Å²) < 4.78 is 15.5. The van der Waals surface area contributed by atoms with E-state index < -0.39 is 0 Å². The third kappa shape index (κ3) is 7.10. The van der Waals surface area contributed by atoms with E-state index in [0.717, 1.165) is 52.6 Å². The number of benzene rings is 3. The number of hydrogen-bond donors (Lipinski definition) is 0. The maximum atomic E-state index is 15.5. The normalized spacial score (nSPS) is 17.9. The van der Waals surface area contributed by atoms with Crippen molar-refractivity contribution < 1.29 is 4.39 Å². The molecule has 0 unspecified atom stereocenters. The molecular formula is C35H41F.